The van der Waals surface area contributed by atoms with Crippen molar-refractivity contribution in [3.8, 4) is 23.0 Å². The van der Waals surface area contributed by atoms with Crippen LogP contribution in [0.4, 0.5) is 0 Å². The van der Waals surface area contributed by atoms with Crippen LogP contribution >= 0.6 is 0 Å². The van der Waals surface area contributed by atoms with E-state index in [2.05, 4.69) is 0 Å². The summed E-state index contributed by atoms with van der Waals surface area (Å²) in [6.45, 7) is 1.00. The molecule has 15 heteroatoms. The molecule has 0 aliphatic rings. The highest BCUT2D eigenvalue weighted by molar-refractivity contribution is 6.79. The summed E-state index contributed by atoms with van der Waals surface area (Å²) in [5.74, 6) is 1.11. The Morgan fingerprint density at radius 2 is 1.06 bits per heavy atom. The van der Waals surface area contributed by atoms with Gasteiger partial charge in [0.1, 0.15) is 31.1 Å². The molecule has 13 nitrogen and oxygen atoms in total. The normalized spacial score (nSPS) is 13.5. The zero-order valence-electron chi connectivity index (χ0n) is 27.8. The summed E-state index contributed by atoms with van der Waals surface area (Å²) >= 11 is 0. The molecule has 0 saturated carbocycles. The van der Waals surface area contributed by atoms with E-state index in [0.29, 0.717) is 86.5 Å². The first-order chi connectivity index (χ1) is 22.6. The van der Waals surface area contributed by atoms with Crippen molar-refractivity contribution in [2.45, 2.75) is 62.8 Å². The summed E-state index contributed by atoms with van der Waals surface area (Å²) in [6.07, 6.45) is 0.660. The molecule has 2 atom stereocenters. The molecule has 2 aromatic carbocycles. The van der Waals surface area contributed by atoms with Gasteiger partial charge in [-0.3, -0.25) is 0 Å². The molecular weight excluding hydrogens is 649 g/mol. The van der Waals surface area contributed by atoms with Crippen LogP contribution in [0.15, 0.2) is 36.4 Å². The van der Waals surface area contributed by atoms with Gasteiger partial charge < -0.3 is 63.2 Å². The Morgan fingerprint density at radius 3 is 1.47 bits per heavy atom. The Labute approximate surface area is 279 Å². The topological polar surface area (TPSA) is 197 Å². The van der Waals surface area contributed by atoms with Gasteiger partial charge in [-0.15, -0.1) is 0 Å². The summed E-state index contributed by atoms with van der Waals surface area (Å²) in [7, 11) is -0.442. The number of aliphatic hydroxyl groups is 5. The molecule has 268 valence electrons. The number of hydrogen-bond donors (Lipinski definition) is 7. The van der Waals surface area contributed by atoms with Crippen LogP contribution in [0.25, 0.3) is 0 Å². The monoisotopic (exact) mass is 702 g/mol. The zero-order chi connectivity index (χ0) is 34.7. The van der Waals surface area contributed by atoms with E-state index in [-0.39, 0.29) is 43.4 Å². The predicted molar refractivity (Wildman–Crippen MR) is 179 cm³/mol. The van der Waals surface area contributed by atoms with E-state index in [1.165, 1.54) is 12.1 Å². The standard InChI is InChI=1S/C32H54O13Si2/c1-40-47(41-2,42-3)17-5-15-44-21-28(37)9-7-26-19-30(11-13-32(26)39)45-29-10-12-31(38)25(18-29)6-8-27(36)20-43-14-4-16-46(22-33,23-34)24-35/h10-13,18-19,27-28,33-39H,4-9,14-17,20-24H2,1-3H3. The first-order valence-electron chi connectivity index (χ1n) is 15.9. The molecule has 0 radical (unpaired) electrons. The van der Waals surface area contributed by atoms with Crippen molar-refractivity contribution in [3.63, 3.8) is 0 Å². The number of benzene rings is 2. The molecule has 2 unspecified atom stereocenters. The second kappa shape index (κ2) is 21.8. The molecule has 0 spiro atoms. The summed E-state index contributed by atoms with van der Waals surface area (Å²) in [4.78, 5) is 0. The Balaban J connectivity index is 1.80. The lowest BCUT2D eigenvalue weighted by Gasteiger charge is -2.24. The lowest BCUT2D eigenvalue weighted by Crippen LogP contribution is -2.48. The van der Waals surface area contributed by atoms with Crippen molar-refractivity contribution >= 4 is 16.9 Å². The fourth-order valence-electron chi connectivity index (χ4n) is 4.92. The van der Waals surface area contributed by atoms with Gasteiger partial charge in [-0.2, -0.15) is 0 Å². The Morgan fingerprint density at radius 1 is 0.638 bits per heavy atom. The van der Waals surface area contributed by atoms with Crippen molar-refractivity contribution in [3.05, 3.63) is 47.5 Å². The first-order valence-corrected chi connectivity index (χ1v) is 20.7. The van der Waals surface area contributed by atoms with Gasteiger partial charge in [0.15, 0.2) is 0 Å². The van der Waals surface area contributed by atoms with Crippen molar-refractivity contribution in [2.24, 2.45) is 0 Å². The van der Waals surface area contributed by atoms with Gasteiger partial charge in [-0.25, -0.2) is 0 Å². The molecule has 0 saturated heterocycles. The van der Waals surface area contributed by atoms with Gasteiger partial charge in [0, 0.05) is 59.3 Å². The minimum absolute atomic E-state index is 0.0730. The highest BCUT2D eigenvalue weighted by Crippen LogP contribution is 2.31. The number of phenolic OH excluding ortho intramolecular Hbond substituents is 2. The number of ether oxygens (including phenoxy) is 3. The van der Waals surface area contributed by atoms with Gasteiger partial charge in [0.25, 0.3) is 0 Å². The van der Waals surface area contributed by atoms with Crippen LogP contribution in [0.5, 0.6) is 23.0 Å². The van der Waals surface area contributed by atoms with E-state index in [0.717, 1.165) is 0 Å². The van der Waals surface area contributed by atoms with Crippen LogP contribution in [0.2, 0.25) is 12.1 Å². The number of hydrogen-bond acceptors (Lipinski definition) is 13. The molecule has 0 aromatic heterocycles. The highest BCUT2D eigenvalue weighted by atomic mass is 28.4. The lowest BCUT2D eigenvalue weighted by molar-refractivity contribution is 0.0310. The number of aliphatic hydroxyl groups excluding tert-OH is 5. The maximum Gasteiger partial charge on any atom is 0.500 e. The second-order valence-corrected chi connectivity index (χ2v) is 19.2. The molecule has 0 aliphatic heterocycles. The Bertz CT molecular complexity index is 1040. The highest BCUT2D eigenvalue weighted by Gasteiger charge is 2.37. The minimum atomic E-state index is -2.65. The minimum Gasteiger partial charge on any atom is -0.508 e. The maximum atomic E-state index is 10.4. The van der Waals surface area contributed by atoms with Gasteiger partial charge in [-0.1, -0.05) is 0 Å². The molecule has 0 bridgehead atoms. The van der Waals surface area contributed by atoms with Gasteiger partial charge in [-0.05, 0) is 92.1 Å². The molecular formula is C32H54O13Si2. The van der Waals surface area contributed by atoms with Gasteiger partial charge in [0.2, 0.25) is 0 Å². The molecule has 0 fully saturated rings. The van der Waals surface area contributed by atoms with Gasteiger partial charge >= 0.3 is 8.80 Å². The number of aryl methyl sites for hydroxylation is 2. The third kappa shape index (κ3) is 14.1. The molecule has 0 heterocycles. The fourth-order valence-corrected chi connectivity index (χ4v) is 8.28. The summed E-state index contributed by atoms with van der Waals surface area (Å²) in [5, 5.41) is 69.9. The molecule has 0 aliphatic carbocycles. The van der Waals surface area contributed by atoms with Crippen molar-refractivity contribution in [2.75, 3.05) is 66.4 Å². The second-order valence-electron chi connectivity index (χ2n) is 11.7. The van der Waals surface area contributed by atoms with E-state index in [4.69, 9.17) is 27.5 Å². The van der Waals surface area contributed by atoms with Crippen LogP contribution in [0.3, 0.4) is 0 Å². The third-order valence-corrected chi connectivity index (χ3v) is 14.4. The van der Waals surface area contributed by atoms with E-state index in [1.54, 1.807) is 45.6 Å². The largest absolute Gasteiger partial charge is 0.508 e. The van der Waals surface area contributed by atoms with Crippen LogP contribution in [-0.2, 0) is 35.6 Å². The Kier molecular flexibility index (Phi) is 19.0. The van der Waals surface area contributed by atoms with E-state index in [1.807, 2.05) is 0 Å². The zero-order valence-corrected chi connectivity index (χ0v) is 29.8. The third-order valence-electron chi connectivity index (χ3n) is 8.16. The van der Waals surface area contributed by atoms with Crippen LogP contribution in [-0.4, -0.2) is 131 Å². The molecule has 2 aromatic rings. The number of phenols is 2. The van der Waals surface area contributed by atoms with Gasteiger partial charge in [0.05, 0.1) is 25.4 Å². The molecule has 7 N–H and O–H groups in total. The van der Waals surface area contributed by atoms with Crippen molar-refractivity contribution in [1.82, 2.24) is 0 Å². The number of aromatic hydroxyl groups is 2. The van der Waals surface area contributed by atoms with Crippen LogP contribution in [0, 0.1) is 0 Å². The SMILES string of the molecule is CO[Si](CCCOCC(O)CCc1cc(Oc2ccc(O)c(CCC(O)COCCC[Si](CO)(CO)CO)c2)ccc1O)(OC)OC. The smallest absolute Gasteiger partial charge is 0.500 e. The van der Waals surface area contributed by atoms with Crippen molar-refractivity contribution < 1.29 is 63.2 Å². The maximum absolute atomic E-state index is 10.4. The summed E-state index contributed by atoms with van der Waals surface area (Å²) in [5.41, 5.74) is 1.20. The quantitative estimate of drug-likeness (QED) is 0.0557. The molecule has 2 rings (SSSR count). The predicted octanol–water partition coefficient (Wildman–Crippen LogP) is 2.21. The van der Waals surface area contributed by atoms with E-state index in [9.17, 15) is 35.7 Å². The van der Waals surface area contributed by atoms with Crippen molar-refractivity contribution in [1.29, 1.82) is 0 Å². The lowest BCUT2D eigenvalue weighted by atomic mass is 10.0. The van der Waals surface area contributed by atoms with Crippen LogP contribution < -0.4 is 4.74 Å². The Hall–Kier alpha value is -2.13. The molecule has 47 heavy (non-hydrogen) atoms. The average Bonchev–Trinajstić information content (AvgIpc) is 3.09. The first kappa shape index (κ1) is 41.0. The summed E-state index contributed by atoms with van der Waals surface area (Å²) in [6, 6.07) is 10.8. The van der Waals surface area contributed by atoms with E-state index >= 15 is 0 Å². The summed E-state index contributed by atoms with van der Waals surface area (Å²) < 4.78 is 33.3. The van der Waals surface area contributed by atoms with Crippen LogP contribution in [0.1, 0.15) is 36.8 Å². The molecule has 0 amide bonds. The van der Waals surface area contributed by atoms with E-state index < -0.39 is 29.1 Å². The number of rotatable bonds is 26. The average molecular weight is 703 g/mol. The fraction of sp³-hybridized carbons (Fsp3) is 0.625.